The van der Waals surface area contributed by atoms with Crippen molar-refractivity contribution in [1.29, 1.82) is 0 Å². The largest absolute Gasteiger partial charge is 0.346 e. The first kappa shape index (κ1) is 14.0. The molecule has 3 rings (SSSR count). The molecule has 6 heteroatoms. The molecule has 2 aliphatic rings. The third-order valence-electron chi connectivity index (χ3n) is 4.25. The summed E-state index contributed by atoms with van der Waals surface area (Å²) in [5, 5.41) is 3.68. The molecule has 1 aromatic rings. The van der Waals surface area contributed by atoms with Crippen molar-refractivity contribution in [2.75, 3.05) is 13.6 Å². The van der Waals surface area contributed by atoms with Crippen molar-refractivity contribution in [2.24, 2.45) is 5.73 Å². The zero-order chi connectivity index (χ0) is 14.1. The third kappa shape index (κ3) is 2.87. The first-order valence-corrected chi connectivity index (χ1v) is 8.18. The first-order valence-electron chi connectivity index (χ1n) is 7.37. The van der Waals surface area contributed by atoms with Gasteiger partial charge in [-0.3, -0.25) is 4.79 Å². The fourth-order valence-corrected chi connectivity index (χ4v) is 4.08. The molecular formula is C14H22N4OS. The van der Waals surface area contributed by atoms with Crippen LogP contribution < -0.4 is 11.1 Å². The van der Waals surface area contributed by atoms with Crippen molar-refractivity contribution in [3.05, 3.63) is 15.6 Å². The van der Waals surface area contributed by atoms with Crippen LogP contribution in [-0.4, -0.2) is 41.5 Å². The summed E-state index contributed by atoms with van der Waals surface area (Å²) in [5.41, 5.74) is 7.19. The molecule has 1 aromatic heterocycles. The summed E-state index contributed by atoms with van der Waals surface area (Å²) >= 11 is 1.53. The van der Waals surface area contributed by atoms with E-state index in [9.17, 15) is 4.79 Å². The van der Waals surface area contributed by atoms with Gasteiger partial charge >= 0.3 is 0 Å². The molecule has 1 aliphatic carbocycles. The zero-order valence-electron chi connectivity index (χ0n) is 11.9. The molecule has 2 atom stereocenters. The Hall–Kier alpha value is -0.980. The Balaban J connectivity index is 1.68. The van der Waals surface area contributed by atoms with E-state index in [0.29, 0.717) is 5.01 Å². The van der Waals surface area contributed by atoms with Gasteiger partial charge in [0.15, 0.2) is 5.01 Å². The minimum Gasteiger partial charge on any atom is -0.346 e. The molecule has 0 aromatic carbocycles. The Bertz CT molecular complexity index is 501. The highest BCUT2D eigenvalue weighted by atomic mass is 32.1. The highest BCUT2D eigenvalue weighted by molar-refractivity contribution is 7.13. The predicted octanol–water partition coefficient (Wildman–Crippen LogP) is 1.13. The number of nitrogens with one attached hydrogen (secondary N) is 1. The second-order valence-electron chi connectivity index (χ2n) is 5.90. The first-order chi connectivity index (χ1) is 9.63. The minimum absolute atomic E-state index is 0.0468. The highest BCUT2D eigenvalue weighted by Gasteiger charge is 2.26. The van der Waals surface area contributed by atoms with Gasteiger partial charge in [-0.2, -0.15) is 0 Å². The molecule has 1 aliphatic heterocycles. The number of likely N-dealkylation sites (N-methyl/N-ethyl adjacent to an activating group) is 1. The molecule has 0 saturated heterocycles. The van der Waals surface area contributed by atoms with Crippen LogP contribution in [0.1, 0.15) is 46.1 Å². The Morgan fingerprint density at radius 2 is 2.25 bits per heavy atom. The second-order valence-corrected chi connectivity index (χ2v) is 6.99. The van der Waals surface area contributed by atoms with Gasteiger partial charge in [0.2, 0.25) is 0 Å². The number of rotatable bonds is 2. The van der Waals surface area contributed by atoms with E-state index in [0.717, 1.165) is 44.5 Å². The number of aromatic nitrogens is 1. The normalized spacial score (nSPS) is 27.1. The van der Waals surface area contributed by atoms with Crippen molar-refractivity contribution < 1.29 is 4.79 Å². The number of nitrogens with zero attached hydrogens (tertiary/aromatic N) is 2. The van der Waals surface area contributed by atoms with Gasteiger partial charge in [0, 0.05) is 36.5 Å². The van der Waals surface area contributed by atoms with E-state index in [-0.39, 0.29) is 18.0 Å². The van der Waals surface area contributed by atoms with E-state index in [2.05, 4.69) is 22.2 Å². The SMILES string of the molecule is CN1CCc2nc(C(=O)N[C@@H]3CCCC[C@@H]3N)sc2C1. The van der Waals surface area contributed by atoms with E-state index in [1.54, 1.807) is 0 Å². The maximum Gasteiger partial charge on any atom is 0.280 e. The van der Waals surface area contributed by atoms with Crippen molar-refractivity contribution in [3.8, 4) is 0 Å². The summed E-state index contributed by atoms with van der Waals surface area (Å²) in [6.45, 7) is 1.93. The summed E-state index contributed by atoms with van der Waals surface area (Å²) in [6, 6.07) is 0.202. The van der Waals surface area contributed by atoms with Crippen molar-refractivity contribution in [3.63, 3.8) is 0 Å². The van der Waals surface area contributed by atoms with E-state index >= 15 is 0 Å². The van der Waals surface area contributed by atoms with Crippen LogP contribution in [0, 0.1) is 0 Å². The van der Waals surface area contributed by atoms with Gasteiger partial charge in [-0.15, -0.1) is 11.3 Å². The number of thiazole rings is 1. The van der Waals surface area contributed by atoms with Crippen LogP contribution in [0.15, 0.2) is 0 Å². The second kappa shape index (κ2) is 5.79. The fraction of sp³-hybridized carbons (Fsp3) is 0.714. The van der Waals surface area contributed by atoms with Crippen LogP contribution in [0.3, 0.4) is 0 Å². The molecule has 0 spiro atoms. The fourth-order valence-electron chi connectivity index (χ4n) is 2.99. The Kier molecular flexibility index (Phi) is 4.05. The molecular weight excluding hydrogens is 272 g/mol. The van der Waals surface area contributed by atoms with Gasteiger partial charge in [-0.05, 0) is 19.9 Å². The molecule has 0 bridgehead atoms. The molecule has 2 heterocycles. The lowest BCUT2D eigenvalue weighted by molar-refractivity contribution is 0.0920. The van der Waals surface area contributed by atoms with Crippen LogP contribution in [0.4, 0.5) is 0 Å². The van der Waals surface area contributed by atoms with E-state index in [4.69, 9.17) is 5.73 Å². The number of carbonyl (C=O) groups is 1. The molecule has 1 amide bonds. The molecule has 3 N–H and O–H groups in total. The predicted molar refractivity (Wildman–Crippen MR) is 79.8 cm³/mol. The van der Waals surface area contributed by atoms with Gasteiger partial charge in [-0.25, -0.2) is 4.98 Å². The minimum atomic E-state index is -0.0468. The molecule has 0 unspecified atom stereocenters. The molecule has 0 radical (unpaired) electrons. The van der Waals surface area contributed by atoms with E-state index in [1.165, 1.54) is 22.6 Å². The average Bonchev–Trinajstić information content (AvgIpc) is 2.84. The molecule has 110 valence electrons. The van der Waals surface area contributed by atoms with Gasteiger partial charge in [-0.1, -0.05) is 12.8 Å². The van der Waals surface area contributed by atoms with E-state index in [1.807, 2.05) is 0 Å². The number of hydrogen-bond donors (Lipinski definition) is 2. The lowest BCUT2D eigenvalue weighted by Crippen LogP contribution is -2.49. The van der Waals surface area contributed by atoms with Crippen LogP contribution in [0.5, 0.6) is 0 Å². The summed E-state index contributed by atoms with van der Waals surface area (Å²) in [4.78, 5) is 20.3. The Morgan fingerprint density at radius 3 is 3.05 bits per heavy atom. The molecule has 20 heavy (non-hydrogen) atoms. The van der Waals surface area contributed by atoms with Gasteiger partial charge in [0.25, 0.3) is 5.91 Å². The van der Waals surface area contributed by atoms with Crippen molar-refractivity contribution in [1.82, 2.24) is 15.2 Å². The van der Waals surface area contributed by atoms with Crippen LogP contribution in [-0.2, 0) is 13.0 Å². The Labute approximate surface area is 123 Å². The van der Waals surface area contributed by atoms with Gasteiger partial charge in [0.1, 0.15) is 0 Å². The maximum atomic E-state index is 12.3. The molecule has 1 fully saturated rings. The van der Waals surface area contributed by atoms with Gasteiger partial charge in [0.05, 0.1) is 5.69 Å². The van der Waals surface area contributed by atoms with Crippen LogP contribution in [0.2, 0.25) is 0 Å². The maximum absolute atomic E-state index is 12.3. The number of nitrogens with two attached hydrogens (primary N) is 1. The highest BCUT2D eigenvalue weighted by Crippen LogP contribution is 2.25. The number of amides is 1. The number of fused-ring (bicyclic) bond motifs is 1. The smallest absolute Gasteiger partial charge is 0.280 e. The average molecular weight is 294 g/mol. The standard InChI is InChI=1S/C14H22N4OS/c1-18-7-6-11-12(8-18)20-14(17-11)13(19)16-10-5-3-2-4-9(10)15/h9-10H,2-8,15H2,1H3,(H,16,19)/t9-,10+/m0/s1. The quantitative estimate of drug-likeness (QED) is 0.858. The third-order valence-corrected chi connectivity index (χ3v) is 5.33. The van der Waals surface area contributed by atoms with Crippen molar-refractivity contribution in [2.45, 2.75) is 50.7 Å². The monoisotopic (exact) mass is 294 g/mol. The topological polar surface area (TPSA) is 71.2 Å². The lowest BCUT2D eigenvalue weighted by Gasteiger charge is -2.28. The lowest BCUT2D eigenvalue weighted by atomic mass is 9.91. The van der Waals surface area contributed by atoms with Crippen LogP contribution >= 0.6 is 11.3 Å². The van der Waals surface area contributed by atoms with Gasteiger partial charge < -0.3 is 16.0 Å². The van der Waals surface area contributed by atoms with Crippen molar-refractivity contribution >= 4 is 17.2 Å². The van der Waals surface area contributed by atoms with Crippen LogP contribution in [0.25, 0.3) is 0 Å². The summed E-state index contributed by atoms with van der Waals surface area (Å²) in [6.07, 6.45) is 5.26. The zero-order valence-corrected chi connectivity index (χ0v) is 12.7. The summed E-state index contributed by atoms with van der Waals surface area (Å²) in [7, 11) is 2.10. The molecule has 1 saturated carbocycles. The summed E-state index contributed by atoms with van der Waals surface area (Å²) in [5.74, 6) is -0.0468. The van der Waals surface area contributed by atoms with E-state index < -0.39 is 0 Å². The number of hydrogen-bond acceptors (Lipinski definition) is 5. The summed E-state index contributed by atoms with van der Waals surface area (Å²) < 4.78 is 0. The Morgan fingerprint density at radius 1 is 1.45 bits per heavy atom. The molecule has 5 nitrogen and oxygen atoms in total. The number of carbonyl (C=O) groups excluding carboxylic acids is 1.